The molecule has 4 heteroatoms. The van der Waals surface area contributed by atoms with Crippen molar-refractivity contribution >= 4 is 5.97 Å². The predicted octanol–water partition coefficient (Wildman–Crippen LogP) is 4.49. The monoisotopic (exact) mass is 360 g/mol. The molecule has 0 saturated carbocycles. The SMILES string of the molecule is CC[C@H](O)/C=C/C=C\C/C=C\C=C/[C@@H](O)C/C=C\C/C=C\CCC(=O)O. The molecule has 3 N–H and O–H groups in total. The first-order valence-corrected chi connectivity index (χ1v) is 9.10. The fourth-order valence-corrected chi connectivity index (χ4v) is 1.82. The average Bonchev–Trinajstić information content (AvgIpc) is 2.61. The number of hydrogen-bond acceptors (Lipinski definition) is 3. The summed E-state index contributed by atoms with van der Waals surface area (Å²) in [5.74, 6) is -0.783. The van der Waals surface area contributed by atoms with Crippen molar-refractivity contribution in [1.29, 1.82) is 0 Å². The zero-order chi connectivity index (χ0) is 19.5. The zero-order valence-electron chi connectivity index (χ0n) is 15.6. The first-order valence-electron chi connectivity index (χ1n) is 9.10. The van der Waals surface area contributed by atoms with Crippen molar-refractivity contribution in [3.63, 3.8) is 0 Å². The Morgan fingerprint density at radius 1 is 0.808 bits per heavy atom. The third-order valence-electron chi connectivity index (χ3n) is 3.36. The van der Waals surface area contributed by atoms with Crippen molar-refractivity contribution < 1.29 is 20.1 Å². The van der Waals surface area contributed by atoms with Gasteiger partial charge in [-0.25, -0.2) is 0 Å². The molecule has 4 nitrogen and oxygen atoms in total. The molecule has 2 atom stereocenters. The molecular weight excluding hydrogens is 328 g/mol. The van der Waals surface area contributed by atoms with E-state index in [1.165, 1.54) is 0 Å². The zero-order valence-corrected chi connectivity index (χ0v) is 15.6. The Hall–Kier alpha value is -2.17. The van der Waals surface area contributed by atoms with Gasteiger partial charge >= 0.3 is 5.97 Å². The molecule has 0 aliphatic carbocycles. The molecule has 0 unspecified atom stereocenters. The minimum absolute atomic E-state index is 0.158. The highest BCUT2D eigenvalue weighted by Crippen LogP contribution is 1.99. The smallest absolute Gasteiger partial charge is 0.303 e. The van der Waals surface area contributed by atoms with Gasteiger partial charge in [-0.05, 0) is 32.1 Å². The molecule has 0 aliphatic heterocycles. The predicted molar refractivity (Wildman–Crippen MR) is 108 cm³/mol. The van der Waals surface area contributed by atoms with Gasteiger partial charge in [-0.2, -0.15) is 0 Å². The van der Waals surface area contributed by atoms with Gasteiger partial charge in [0.05, 0.1) is 12.2 Å². The van der Waals surface area contributed by atoms with E-state index >= 15 is 0 Å². The second-order valence-electron chi connectivity index (χ2n) is 5.75. The fourth-order valence-electron chi connectivity index (χ4n) is 1.82. The normalized spacial score (nSPS) is 15.5. The van der Waals surface area contributed by atoms with E-state index < -0.39 is 12.1 Å². The quantitative estimate of drug-likeness (QED) is 0.315. The van der Waals surface area contributed by atoms with Gasteiger partial charge in [0.1, 0.15) is 0 Å². The van der Waals surface area contributed by atoms with Crippen LogP contribution in [0.2, 0.25) is 0 Å². The van der Waals surface area contributed by atoms with E-state index in [2.05, 4.69) is 0 Å². The Bertz CT molecular complexity index is 524. The van der Waals surface area contributed by atoms with Crippen molar-refractivity contribution in [2.45, 2.75) is 57.7 Å². The molecule has 0 fully saturated rings. The maximum absolute atomic E-state index is 10.3. The summed E-state index contributed by atoms with van der Waals surface area (Å²) in [5.41, 5.74) is 0. The lowest BCUT2D eigenvalue weighted by Crippen LogP contribution is -1.98. The van der Waals surface area contributed by atoms with Crippen LogP contribution >= 0.6 is 0 Å². The van der Waals surface area contributed by atoms with Crippen LogP contribution in [0.1, 0.15) is 45.4 Å². The van der Waals surface area contributed by atoms with Gasteiger partial charge in [0.15, 0.2) is 0 Å². The number of carbonyl (C=O) groups is 1. The number of aliphatic hydroxyl groups excluding tert-OH is 2. The number of aliphatic carboxylic acids is 1. The summed E-state index contributed by atoms with van der Waals surface area (Å²) in [6, 6.07) is 0. The summed E-state index contributed by atoms with van der Waals surface area (Å²) in [6.07, 6.45) is 25.2. The first-order chi connectivity index (χ1) is 12.6. The minimum atomic E-state index is -0.783. The molecule has 0 rings (SSSR count). The summed E-state index contributed by atoms with van der Waals surface area (Å²) in [7, 11) is 0. The van der Waals surface area contributed by atoms with Crippen molar-refractivity contribution in [2.24, 2.45) is 0 Å². The van der Waals surface area contributed by atoms with Crippen LogP contribution in [0.3, 0.4) is 0 Å². The average molecular weight is 360 g/mol. The standard InChI is InChI=1S/C22H32O4/c1-2-20(23)16-12-8-4-3-5-9-13-17-21(24)18-14-10-6-7-11-15-19-22(25)26/h4-5,7-14,16-17,20-21,23-24H,2-3,6,15,18-19H2,1H3,(H,25,26)/b8-4-,9-5-,11-7-,14-10-,16-12+,17-13-/t20-,21+/m0/s1. The Morgan fingerprint density at radius 2 is 1.38 bits per heavy atom. The number of carboxylic acid groups (broad SMARTS) is 1. The van der Waals surface area contributed by atoms with Gasteiger partial charge in [-0.1, -0.05) is 79.8 Å². The van der Waals surface area contributed by atoms with Gasteiger partial charge in [0.25, 0.3) is 0 Å². The number of aliphatic hydroxyl groups is 2. The van der Waals surface area contributed by atoms with Gasteiger partial charge in [-0.3, -0.25) is 4.79 Å². The summed E-state index contributed by atoms with van der Waals surface area (Å²) in [4.78, 5) is 10.3. The Kier molecular flexibility index (Phi) is 16.2. The van der Waals surface area contributed by atoms with Gasteiger partial charge in [0.2, 0.25) is 0 Å². The third kappa shape index (κ3) is 18.2. The van der Waals surface area contributed by atoms with E-state index in [9.17, 15) is 15.0 Å². The topological polar surface area (TPSA) is 77.8 Å². The van der Waals surface area contributed by atoms with Crippen LogP contribution in [0.4, 0.5) is 0 Å². The molecule has 0 aliphatic rings. The molecule has 0 saturated heterocycles. The van der Waals surface area contributed by atoms with Gasteiger partial charge in [0, 0.05) is 6.42 Å². The van der Waals surface area contributed by atoms with Gasteiger partial charge in [-0.15, -0.1) is 0 Å². The van der Waals surface area contributed by atoms with E-state index in [0.29, 0.717) is 12.8 Å². The van der Waals surface area contributed by atoms with E-state index in [-0.39, 0.29) is 12.5 Å². The van der Waals surface area contributed by atoms with Crippen LogP contribution in [-0.4, -0.2) is 33.5 Å². The molecule has 0 radical (unpaired) electrons. The first kappa shape index (κ1) is 23.8. The Morgan fingerprint density at radius 3 is 2.00 bits per heavy atom. The van der Waals surface area contributed by atoms with Crippen LogP contribution < -0.4 is 0 Å². The second kappa shape index (κ2) is 17.6. The molecule has 0 amide bonds. The third-order valence-corrected chi connectivity index (χ3v) is 3.36. The summed E-state index contributed by atoms with van der Waals surface area (Å²) < 4.78 is 0. The van der Waals surface area contributed by atoms with Gasteiger partial charge < -0.3 is 15.3 Å². The molecule has 0 heterocycles. The lowest BCUT2D eigenvalue weighted by atomic mass is 10.2. The molecule has 0 aromatic heterocycles. The van der Waals surface area contributed by atoms with E-state index in [4.69, 9.17) is 5.11 Å². The van der Waals surface area contributed by atoms with Crippen LogP contribution in [-0.2, 0) is 4.79 Å². The number of rotatable bonds is 14. The van der Waals surface area contributed by atoms with Crippen LogP contribution in [0, 0.1) is 0 Å². The molecule has 144 valence electrons. The minimum Gasteiger partial charge on any atom is -0.481 e. The molecule has 0 spiro atoms. The molecular formula is C22H32O4. The highest BCUT2D eigenvalue weighted by atomic mass is 16.4. The fraction of sp³-hybridized carbons (Fsp3) is 0.409. The molecule has 26 heavy (non-hydrogen) atoms. The second-order valence-corrected chi connectivity index (χ2v) is 5.75. The number of carboxylic acids is 1. The van der Waals surface area contributed by atoms with Crippen molar-refractivity contribution in [1.82, 2.24) is 0 Å². The largest absolute Gasteiger partial charge is 0.481 e. The van der Waals surface area contributed by atoms with Crippen molar-refractivity contribution in [3.8, 4) is 0 Å². The van der Waals surface area contributed by atoms with Crippen LogP contribution in [0.25, 0.3) is 0 Å². The number of allylic oxidation sites excluding steroid dienone is 9. The maximum Gasteiger partial charge on any atom is 0.303 e. The Labute approximate surface area is 157 Å². The molecule has 0 aromatic rings. The maximum atomic E-state index is 10.3. The number of hydrogen-bond donors (Lipinski definition) is 3. The molecule has 0 aromatic carbocycles. The highest BCUT2D eigenvalue weighted by Gasteiger charge is 1.93. The summed E-state index contributed by atoms with van der Waals surface area (Å²) in [6.45, 7) is 1.93. The van der Waals surface area contributed by atoms with E-state index in [1.54, 1.807) is 12.2 Å². The van der Waals surface area contributed by atoms with Crippen molar-refractivity contribution in [3.05, 3.63) is 72.9 Å². The van der Waals surface area contributed by atoms with E-state index in [0.717, 1.165) is 19.3 Å². The molecule has 0 bridgehead atoms. The highest BCUT2D eigenvalue weighted by molar-refractivity contribution is 5.66. The lowest BCUT2D eigenvalue weighted by molar-refractivity contribution is -0.136. The van der Waals surface area contributed by atoms with Crippen LogP contribution in [0.5, 0.6) is 0 Å². The Balaban J connectivity index is 3.80. The lowest BCUT2D eigenvalue weighted by Gasteiger charge is -1.98. The summed E-state index contributed by atoms with van der Waals surface area (Å²) >= 11 is 0. The van der Waals surface area contributed by atoms with E-state index in [1.807, 2.05) is 67.7 Å². The van der Waals surface area contributed by atoms with Crippen molar-refractivity contribution in [2.75, 3.05) is 0 Å². The summed E-state index contributed by atoms with van der Waals surface area (Å²) in [5, 5.41) is 27.6. The van der Waals surface area contributed by atoms with Crippen LogP contribution in [0.15, 0.2) is 72.9 Å².